The summed E-state index contributed by atoms with van der Waals surface area (Å²) in [7, 11) is 1.81. The van der Waals surface area contributed by atoms with Crippen molar-refractivity contribution in [3.05, 3.63) is 35.4 Å². The molecule has 0 aliphatic heterocycles. The van der Waals surface area contributed by atoms with E-state index < -0.39 is 0 Å². The van der Waals surface area contributed by atoms with Crippen molar-refractivity contribution in [1.29, 1.82) is 0 Å². The summed E-state index contributed by atoms with van der Waals surface area (Å²) >= 11 is 0. The summed E-state index contributed by atoms with van der Waals surface area (Å²) in [5.41, 5.74) is 3.02. The third-order valence-electron chi connectivity index (χ3n) is 4.44. The second-order valence-electron chi connectivity index (χ2n) is 6.20. The molecule has 0 fully saturated rings. The Bertz CT molecular complexity index is 413. The van der Waals surface area contributed by atoms with Crippen molar-refractivity contribution in [3.8, 4) is 0 Å². The lowest BCUT2D eigenvalue weighted by Crippen LogP contribution is -2.28. The summed E-state index contributed by atoms with van der Waals surface area (Å²) in [5, 5.41) is 3.66. The van der Waals surface area contributed by atoms with Gasteiger partial charge in [-0.1, -0.05) is 31.2 Å². The number of hydrogen-bond donors (Lipinski definition) is 1. The fraction of sp³-hybridized carbons (Fsp3) is 0.647. The van der Waals surface area contributed by atoms with Crippen molar-refractivity contribution in [2.75, 3.05) is 13.7 Å². The van der Waals surface area contributed by atoms with Gasteiger partial charge in [-0.2, -0.15) is 0 Å². The summed E-state index contributed by atoms with van der Waals surface area (Å²) in [6.45, 7) is 7.58. The number of benzene rings is 1. The van der Waals surface area contributed by atoms with Gasteiger partial charge in [0, 0.05) is 13.2 Å². The minimum Gasteiger partial charge on any atom is -0.379 e. The van der Waals surface area contributed by atoms with Crippen molar-refractivity contribution in [1.82, 2.24) is 5.32 Å². The molecule has 0 saturated heterocycles. The van der Waals surface area contributed by atoms with Crippen LogP contribution in [0.2, 0.25) is 0 Å². The van der Waals surface area contributed by atoms with Crippen molar-refractivity contribution < 1.29 is 4.74 Å². The average Bonchev–Trinajstić information content (AvgIpc) is 2.76. The van der Waals surface area contributed by atoms with Crippen LogP contribution in [0, 0.1) is 5.92 Å². The maximum absolute atomic E-state index is 5.55. The Morgan fingerprint density at radius 1 is 1.32 bits per heavy atom. The largest absolute Gasteiger partial charge is 0.379 e. The Balaban J connectivity index is 2.06. The van der Waals surface area contributed by atoms with Crippen molar-refractivity contribution in [2.45, 2.75) is 51.7 Å². The number of fused-ring (bicyclic) bond motifs is 1. The first kappa shape index (κ1) is 14.5. The van der Waals surface area contributed by atoms with E-state index in [2.05, 4.69) is 50.4 Å². The summed E-state index contributed by atoms with van der Waals surface area (Å²) in [6.07, 6.45) is 3.53. The van der Waals surface area contributed by atoms with E-state index in [1.807, 2.05) is 7.11 Å². The van der Waals surface area contributed by atoms with Gasteiger partial charge in [-0.05, 0) is 56.7 Å². The maximum Gasteiger partial charge on any atom is 0.0622 e. The van der Waals surface area contributed by atoms with Gasteiger partial charge in [-0.15, -0.1) is 0 Å². The zero-order valence-electron chi connectivity index (χ0n) is 12.7. The average molecular weight is 261 g/mol. The molecule has 106 valence electrons. The summed E-state index contributed by atoms with van der Waals surface area (Å²) in [5.74, 6) is 0.701. The Hall–Kier alpha value is -0.860. The van der Waals surface area contributed by atoms with Crippen molar-refractivity contribution >= 4 is 0 Å². The Morgan fingerprint density at radius 3 is 2.74 bits per heavy atom. The number of ether oxygens (including phenoxy) is 1. The monoisotopic (exact) mass is 261 g/mol. The Kier molecular flexibility index (Phi) is 4.64. The van der Waals surface area contributed by atoms with Gasteiger partial charge < -0.3 is 10.1 Å². The van der Waals surface area contributed by atoms with Gasteiger partial charge in [0.15, 0.2) is 0 Å². The van der Waals surface area contributed by atoms with Crippen LogP contribution in [0.3, 0.4) is 0 Å². The molecule has 0 heterocycles. The van der Waals surface area contributed by atoms with Gasteiger partial charge in [0.2, 0.25) is 0 Å². The fourth-order valence-corrected chi connectivity index (χ4v) is 3.08. The van der Waals surface area contributed by atoms with E-state index in [1.165, 1.54) is 24.0 Å². The maximum atomic E-state index is 5.55. The van der Waals surface area contributed by atoms with E-state index >= 15 is 0 Å². The van der Waals surface area contributed by atoms with Crippen molar-refractivity contribution in [3.63, 3.8) is 0 Å². The minimum absolute atomic E-state index is 0.00839. The molecule has 0 aromatic heterocycles. The van der Waals surface area contributed by atoms with Crippen LogP contribution >= 0.6 is 0 Å². The second kappa shape index (κ2) is 6.06. The normalized spacial score (nSPS) is 22.5. The summed E-state index contributed by atoms with van der Waals surface area (Å²) < 4.78 is 5.55. The number of rotatable bonds is 6. The molecular weight excluding hydrogens is 234 g/mol. The lowest BCUT2D eigenvalue weighted by Gasteiger charge is -2.27. The predicted octanol–water partition coefficient (Wildman–Crippen LogP) is 3.71. The van der Waals surface area contributed by atoms with E-state index in [4.69, 9.17) is 4.74 Å². The molecule has 2 nitrogen and oxygen atoms in total. The molecular formula is C17H27NO. The molecule has 1 N–H and O–H groups in total. The van der Waals surface area contributed by atoms with Crippen LogP contribution < -0.4 is 5.32 Å². The molecule has 1 aliphatic carbocycles. The van der Waals surface area contributed by atoms with Crippen LogP contribution in [0.4, 0.5) is 0 Å². The molecule has 1 aromatic carbocycles. The van der Waals surface area contributed by atoms with Crippen LogP contribution in [0.15, 0.2) is 24.3 Å². The highest BCUT2D eigenvalue weighted by Crippen LogP contribution is 2.39. The quantitative estimate of drug-likeness (QED) is 0.843. The first-order chi connectivity index (χ1) is 9.07. The predicted molar refractivity (Wildman–Crippen MR) is 80.4 cm³/mol. The highest BCUT2D eigenvalue weighted by molar-refractivity contribution is 5.35. The molecule has 2 heteroatoms. The third-order valence-corrected chi connectivity index (χ3v) is 4.44. The number of nitrogens with one attached hydrogen (secondary N) is 1. The molecule has 2 atom stereocenters. The van der Waals surface area contributed by atoms with Gasteiger partial charge in [0.25, 0.3) is 0 Å². The summed E-state index contributed by atoms with van der Waals surface area (Å²) in [6, 6.07) is 9.40. The minimum atomic E-state index is -0.00839. The van der Waals surface area contributed by atoms with Crippen LogP contribution in [-0.2, 0) is 11.2 Å². The Morgan fingerprint density at radius 2 is 2.05 bits per heavy atom. The van der Waals surface area contributed by atoms with Gasteiger partial charge in [-0.3, -0.25) is 0 Å². The zero-order chi connectivity index (χ0) is 13.9. The van der Waals surface area contributed by atoms with Crippen LogP contribution in [0.25, 0.3) is 0 Å². The SMILES string of the molecule is CCNC1c2ccccc2CC1CCC(C)(C)OC. The highest BCUT2D eigenvalue weighted by atomic mass is 16.5. The molecule has 1 aromatic rings. The molecule has 1 aliphatic rings. The van der Waals surface area contributed by atoms with E-state index in [-0.39, 0.29) is 5.60 Å². The standard InChI is InChI=1S/C17H27NO/c1-5-18-16-14(10-11-17(2,3)19-4)12-13-8-6-7-9-15(13)16/h6-9,14,16,18H,5,10-12H2,1-4H3. The van der Waals surface area contributed by atoms with E-state index in [1.54, 1.807) is 0 Å². The Labute approximate surface area is 117 Å². The number of methoxy groups -OCH3 is 1. The fourth-order valence-electron chi connectivity index (χ4n) is 3.08. The lowest BCUT2D eigenvalue weighted by molar-refractivity contribution is 0.00946. The zero-order valence-corrected chi connectivity index (χ0v) is 12.7. The molecule has 0 amide bonds. The van der Waals surface area contributed by atoms with E-state index in [0.717, 1.165) is 13.0 Å². The van der Waals surface area contributed by atoms with Gasteiger partial charge in [0.05, 0.1) is 5.60 Å². The topological polar surface area (TPSA) is 21.3 Å². The molecule has 19 heavy (non-hydrogen) atoms. The first-order valence-electron chi connectivity index (χ1n) is 7.43. The van der Waals surface area contributed by atoms with E-state index in [9.17, 15) is 0 Å². The van der Waals surface area contributed by atoms with Gasteiger partial charge >= 0.3 is 0 Å². The molecule has 2 rings (SSSR count). The molecule has 0 radical (unpaired) electrons. The lowest BCUT2D eigenvalue weighted by atomic mass is 9.90. The van der Waals surface area contributed by atoms with Crippen molar-refractivity contribution in [2.24, 2.45) is 5.92 Å². The van der Waals surface area contributed by atoms with Gasteiger partial charge in [-0.25, -0.2) is 0 Å². The third kappa shape index (κ3) is 3.37. The van der Waals surface area contributed by atoms with Gasteiger partial charge in [0.1, 0.15) is 0 Å². The smallest absolute Gasteiger partial charge is 0.0622 e. The van der Waals surface area contributed by atoms with Crippen LogP contribution in [-0.4, -0.2) is 19.3 Å². The number of hydrogen-bond acceptors (Lipinski definition) is 2. The first-order valence-corrected chi connectivity index (χ1v) is 7.43. The van der Waals surface area contributed by atoms with Crippen LogP contribution in [0.5, 0.6) is 0 Å². The van der Waals surface area contributed by atoms with Crippen LogP contribution in [0.1, 0.15) is 50.8 Å². The molecule has 2 unspecified atom stereocenters. The highest BCUT2D eigenvalue weighted by Gasteiger charge is 2.32. The summed E-state index contributed by atoms with van der Waals surface area (Å²) in [4.78, 5) is 0. The second-order valence-corrected chi connectivity index (χ2v) is 6.20. The molecule has 0 bridgehead atoms. The molecule has 0 saturated carbocycles. The molecule has 0 spiro atoms. The van der Waals surface area contributed by atoms with E-state index in [0.29, 0.717) is 12.0 Å².